The maximum absolute atomic E-state index is 8.77. The Kier molecular flexibility index (Phi) is 3.13. The van der Waals surface area contributed by atoms with Crippen LogP contribution in [0.15, 0.2) is 18.2 Å². The molecule has 0 radical (unpaired) electrons. The van der Waals surface area contributed by atoms with Crippen LogP contribution in [0.3, 0.4) is 0 Å². The molecule has 0 fully saturated rings. The number of benzene rings is 1. The van der Waals surface area contributed by atoms with E-state index in [9.17, 15) is 0 Å². The zero-order chi connectivity index (χ0) is 9.84. The third kappa shape index (κ3) is 2.62. The second kappa shape index (κ2) is 4.13. The summed E-state index contributed by atoms with van der Waals surface area (Å²) in [6, 6.07) is 7.19. The molecular formula is C9H10ClN3. The van der Waals surface area contributed by atoms with Crippen LogP contribution >= 0.6 is 11.6 Å². The molecule has 0 aromatic heterocycles. The van der Waals surface area contributed by atoms with Crippen molar-refractivity contribution < 1.29 is 0 Å². The van der Waals surface area contributed by atoms with Gasteiger partial charge in [0.05, 0.1) is 11.3 Å². The predicted molar refractivity (Wildman–Crippen MR) is 53.5 cm³/mol. The fraction of sp³-hybridized carbons (Fsp3) is 0.222. The molecule has 68 valence electrons. The molecule has 1 N–H and O–H groups in total. The van der Waals surface area contributed by atoms with Gasteiger partial charge in [-0.3, -0.25) is 0 Å². The SMILES string of the molecule is CN(C)Nc1cc(Cl)ccc1C#N. The summed E-state index contributed by atoms with van der Waals surface area (Å²) in [5.41, 5.74) is 4.30. The number of hydrazine groups is 1. The third-order valence-corrected chi connectivity index (χ3v) is 1.68. The van der Waals surface area contributed by atoms with Gasteiger partial charge in [-0.1, -0.05) is 11.6 Å². The largest absolute Gasteiger partial charge is 0.318 e. The minimum absolute atomic E-state index is 0.582. The van der Waals surface area contributed by atoms with E-state index in [1.807, 2.05) is 14.1 Å². The van der Waals surface area contributed by atoms with E-state index in [2.05, 4.69) is 11.5 Å². The summed E-state index contributed by atoms with van der Waals surface area (Å²) in [4.78, 5) is 0. The monoisotopic (exact) mass is 195 g/mol. The van der Waals surface area contributed by atoms with E-state index in [0.29, 0.717) is 10.6 Å². The zero-order valence-electron chi connectivity index (χ0n) is 7.50. The summed E-state index contributed by atoms with van der Waals surface area (Å²) in [6.07, 6.45) is 0. The molecule has 3 nitrogen and oxygen atoms in total. The van der Waals surface area contributed by atoms with Crippen molar-refractivity contribution >= 4 is 17.3 Å². The average Bonchev–Trinajstić information content (AvgIpc) is 2.03. The molecule has 1 rings (SSSR count). The Labute approximate surface area is 82.5 Å². The first kappa shape index (κ1) is 9.85. The van der Waals surface area contributed by atoms with Crippen molar-refractivity contribution in [2.75, 3.05) is 19.5 Å². The molecule has 0 unspecified atom stereocenters. The summed E-state index contributed by atoms with van der Waals surface area (Å²) >= 11 is 5.79. The van der Waals surface area contributed by atoms with Crippen molar-refractivity contribution in [2.45, 2.75) is 0 Å². The number of nitriles is 1. The van der Waals surface area contributed by atoms with Gasteiger partial charge < -0.3 is 5.43 Å². The van der Waals surface area contributed by atoms with E-state index < -0.39 is 0 Å². The lowest BCUT2D eigenvalue weighted by Crippen LogP contribution is -2.20. The Bertz CT molecular complexity index is 341. The Morgan fingerprint density at radius 1 is 1.46 bits per heavy atom. The van der Waals surface area contributed by atoms with Gasteiger partial charge in [-0.15, -0.1) is 0 Å². The van der Waals surface area contributed by atoms with Crippen molar-refractivity contribution in [3.05, 3.63) is 28.8 Å². The van der Waals surface area contributed by atoms with E-state index in [1.165, 1.54) is 0 Å². The standard InChI is InChI=1S/C9H10ClN3/c1-13(2)12-9-5-8(10)4-3-7(9)6-11/h3-5,12H,1-2H3. The first-order chi connectivity index (χ1) is 6.13. The number of rotatable bonds is 2. The van der Waals surface area contributed by atoms with Crippen LogP contribution in [0, 0.1) is 11.3 Å². The quantitative estimate of drug-likeness (QED) is 0.735. The highest BCUT2D eigenvalue weighted by Crippen LogP contribution is 2.20. The van der Waals surface area contributed by atoms with Crippen molar-refractivity contribution in [3.8, 4) is 6.07 Å². The molecule has 0 saturated carbocycles. The molecular weight excluding hydrogens is 186 g/mol. The van der Waals surface area contributed by atoms with E-state index in [4.69, 9.17) is 16.9 Å². The molecule has 0 bridgehead atoms. The van der Waals surface area contributed by atoms with Gasteiger partial charge in [0.15, 0.2) is 0 Å². The fourth-order valence-corrected chi connectivity index (χ4v) is 1.12. The van der Waals surface area contributed by atoms with Crippen LogP contribution in [0.2, 0.25) is 5.02 Å². The molecule has 0 aliphatic carbocycles. The third-order valence-electron chi connectivity index (χ3n) is 1.45. The van der Waals surface area contributed by atoms with Crippen LogP contribution in [0.5, 0.6) is 0 Å². The average molecular weight is 196 g/mol. The van der Waals surface area contributed by atoms with Crippen molar-refractivity contribution in [1.29, 1.82) is 5.26 Å². The Hall–Kier alpha value is -1.24. The first-order valence-electron chi connectivity index (χ1n) is 3.77. The van der Waals surface area contributed by atoms with Crippen LogP contribution in [0.25, 0.3) is 0 Å². The second-order valence-electron chi connectivity index (χ2n) is 2.81. The minimum atomic E-state index is 0.582. The van der Waals surface area contributed by atoms with Gasteiger partial charge in [0.25, 0.3) is 0 Å². The van der Waals surface area contributed by atoms with Gasteiger partial charge >= 0.3 is 0 Å². The molecule has 13 heavy (non-hydrogen) atoms. The van der Waals surface area contributed by atoms with Crippen LogP contribution in [0.1, 0.15) is 5.56 Å². The maximum Gasteiger partial charge on any atom is 0.101 e. The molecule has 0 heterocycles. The van der Waals surface area contributed by atoms with Crippen molar-refractivity contribution in [2.24, 2.45) is 0 Å². The Morgan fingerprint density at radius 2 is 2.15 bits per heavy atom. The van der Waals surface area contributed by atoms with Gasteiger partial charge in [0.1, 0.15) is 6.07 Å². The lowest BCUT2D eigenvalue weighted by Gasteiger charge is -2.14. The molecule has 4 heteroatoms. The molecule has 1 aromatic carbocycles. The number of halogens is 1. The normalized spacial score (nSPS) is 9.77. The van der Waals surface area contributed by atoms with Gasteiger partial charge in [0, 0.05) is 19.1 Å². The molecule has 0 atom stereocenters. The van der Waals surface area contributed by atoms with E-state index >= 15 is 0 Å². The molecule has 0 saturated heterocycles. The molecule has 0 aliphatic rings. The highest BCUT2D eigenvalue weighted by molar-refractivity contribution is 6.30. The summed E-state index contributed by atoms with van der Waals surface area (Å²) in [5, 5.41) is 11.1. The summed E-state index contributed by atoms with van der Waals surface area (Å²) < 4.78 is 0. The molecule has 1 aromatic rings. The van der Waals surface area contributed by atoms with Gasteiger partial charge in [0.2, 0.25) is 0 Å². The predicted octanol–water partition coefficient (Wildman–Crippen LogP) is 2.10. The fourth-order valence-electron chi connectivity index (χ4n) is 0.947. The van der Waals surface area contributed by atoms with Crippen molar-refractivity contribution in [1.82, 2.24) is 5.01 Å². The first-order valence-corrected chi connectivity index (χ1v) is 4.15. The highest BCUT2D eigenvalue weighted by atomic mass is 35.5. The summed E-state index contributed by atoms with van der Waals surface area (Å²) in [7, 11) is 3.70. The summed E-state index contributed by atoms with van der Waals surface area (Å²) in [5.74, 6) is 0. The number of hydrogen-bond donors (Lipinski definition) is 1. The van der Waals surface area contributed by atoms with E-state index in [1.54, 1.807) is 23.2 Å². The second-order valence-corrected chi connectivity index (χ2v) is 3.24. The van der Waals surface area contributed by atoms with Gasteiger partial charge in [-0.25, -0.2) is 5.01 Å². The van der Waals surface area contributed by atoms with E-state index in [0.717, 1.165) is 5.69 Å². The molecule has 0 amide bonds. The topological polar surface area (TPSA) is 39.1 Å². The molecule has 0 spiro atoms. The number of nitrogens with zero attached hydrogens (tertiary/aromatic N) is 2. The van der Waals surface area contributed by atoms with Crippen molar-refractivity contribution in [3.63, 3.8) is 0 Å². The zero-order valence-corrected chi connectivity index (χ0v) is 8.26. The lowest BCUT2D eigenvalue weighted by molar-refractivity contribution is 0.495. The highest BCUT2D eigenvalue weighted by Gasteiger charge is 2.02. The Morgan fingerprint density at radius 3 is 2.69 bits per heavy atom. The Balaban J connectivity index is 3.03. The molecule has 0 aliphatic heterocycles. The lowest BCUT2D eigenvalue weighted by atomic mass is 10.2. The van der Waals surface area contributed by atoms with Crippen LogP contribution in [-0.4, -0.2) is 19.1 Å². The van der Waals surface area contributed by atoms with Crippen LogP contribution < -0.4 is 5.43 Å². The van der Waals surface area contributed by atoms with Crippen LogP contribution in [-0.2, 0) is 0 Å². The smallest absolute Gasteiger partial charge is 0.101 e. The van der Waals surface area contributed by atoms with E-state index in [-0.39, 0.29) is 0 Å². The number of hydrogen-bond acceptors (Lipinski definition) is 3. The maximum atomic E-state index is 8.77. The van der Waals surface area contributed by atoms with Gasteiger partial charge in [-0.2, -0.15) is 5.26 Å². The minimum Gasteiger partial charge on any atom is -0.318 e. The van der Waals surface area contributed by atoms with Crippen LogP contribution in [0.4, 0.5) is 5.69 Å². The number of nitrogens with one attached hydrogen (secondary N) is 1. The van der Waals surface area contributed by atoms with Gasteiger partial charge in [-0.05, 0) is 18.2 Å². The number of anilines is 1. The summed E-state index contributed by atoms with van der Waals surface area (Å²) in [6.45, 7) is 0.